The first-order valence-corrected chi connectivity index (χ1v) is 5.69. The maximum atomic E-state index is 11.7. The first-order chi connectivity index (χ1) is 8.72. The molecule has 3 rings (SSSR count). The summed E-state index contributed by atoms with van der Waals surface area (Å²) in [4.78, 5) is 16.1. The van der Waals surface area contributed by atoms with E-state index in [-0.39, 0.29) is 0 Å². The zero-order valence-electron chi connectivity index (χ0n) is 9.58. The molecule has 3 nitrogen and oxygen atoms in total. The van der Waals surface area contributed by atoms with Crippen molar-refractivity contribution in [2.45, 2.75) is 5.54 Å². The van der Waals surface area contributed by atoms with Crippen LogP contribution in [0.2, 0.25) is 0 Å². The number of carbonyl (C=O) groups is 1. The molecule has 1 aliphatic rings. The lowest BCUT2D eigenvalue weighted by Gasteiger charge is -2.19. The van der Waals surface area contributed by atoms with Crippen LogP contribution in [0.4, 0.5) is 0 Å². The second-order valence-electron chi connectivity index (χ2n) is 4.25. The maximum Gasteiger partial charge on any atom is 0.340 e. The van der Waals surface area contributed by atoms with E-state index in [2.05, 4.69) is 4.99 Å². The highest BCUT2D eigenvalue weighted by atomic mass is 16.4. The van der Waals surface area contributed by atoms with E-state index < -0.39 is 11.5 Å². The number of carboxylic acid groups (broad SMARTS) is 1. The molecule has 0 saturated carbocycles. The van der Waals surface area contributed by atoms with Gasteiger partial charge in [0.15, 0.2) is 0 Å². The third kappa shape index (κ3) is 1.44. The molecule has 2 aromatic rings. The Balaban J connectivity index is 2.30. The van der Waals surface area contributed by atoms with Crippen LogP contribution in [0.3, 0.4) is 0 Å². The lowest BCUT2D eigenvalue weighted by molar-refractivity contribution is -0.141. The van der Waals surface area contributed by atoms with Crippen molar-refractivity contribution in [2.24, 2.45) is 4.99 Å². The summed E-state index contributed by atoms with van der Waals surface area (Å²) in [6, 6.07) is 16.6. The van der Waals surface area contributed by atoms with Gasteiger partial charge in [-0.05, 0) is 22.9 Å². The van der Waals surface area contributed by atoms with Crippen LogP contribution in [0.25, 0.3) is 6.08 Å². The quantitative estimate of drug-likeness (QED) is 0.849. The highest BCUT2D eigenvalue weighted by Gasteiger charge is 2.39. The van der Waals surface area contributed by atoms with Crippen molar-refractivity contribution in [1.82, 2.24) is 0 Å². The van der Waals surface area contributed by atoms with E-state index in [1.54, 1.807) is 18.2 Å². The van der Waals surface area contributed by atoms with Crippen LogP contribution < -0.4 is 10.6 Å². The highest BCUT2D eigenvalue weighted by Crippen LogP contribution is 2.29. The highest BCUT2D eigenvalue weighted by molar-refractivity contribution is 5.89. The molecule has 1 N–H and O–H groups in total. The van der Waals surface area contributed by atoms with E-state index in [1.807, 2.05) is 42.5 Å². The number of aliphatic carboxylic acids is 1. The van der Waals surface area contributed by atoms with E-state index in [0.717, 1.165) is 10.6 Å². The summed E-state index contributed by atoms with van der Waals surface area (Å²) in [6.45, 7) is 0. The number of fused-ring (bicyclic) bond motifs is 1. The fourth-order valence-corrected chi connectivity index (χ4v) is 2.23. The molecule has 0 aromatic heterocycles. The molecular formula is C15H11NO2. The summed E-state index contributed by atoms with van der Waals surface area (Å²) >= 11 is 0. The Kier molecular flexibility index (Phi) is 2.27. The van der Waals surface area contributed by atoms with E-state index in [9.17, 15) is 9.90 Å². The van der Waals surface area contributed by atoms with Crippen LogP contribution in [0.15, 0.2) is 59.6 Å². The van der Waals surface area contributed by atoms with Crippen LogP contribution in [0, 0.1) is 0 Å². The number of para-hydroxylation sites is 1. The Labute approximate surface area is 104 Å². The normalized spacial score (nSPS) is 20.7. The van der Waals surface area contributed by atoms with Crippen LogP contribution in [-0.2, 0) is 10.3 Å². The second kappa shape index (κ2) is 3.81. The lowest BCUT2D eigenvalue weighted by Crippen LogP contribution is -2.30. The Morgan fingerprint density at radius 2 is 1.67 bits per heavy atom. The van der Waals surface area contributed by atoms with Gasteiger partial charge in [0.05, 0.1) is 5.36 Å². The molecule has 0 amide bonds. The monoisotopic (exact) mass is 237 g/mol. The molecule has 0 spiro atoms. The summed E-state index contributed by atoms with van der Waals surface area (Å²) in [5.41, 5.74) is -0.612. The molecule has 0 aliphatic carbocycles. The third-order valence-electron chi connectivity index (χ3n) is 3.14. The van der Waals surface area contributed by atoms with Gasteiger partial charge < -0.3 is 5.11 Å². The molecule has 2 aromatic carbocycles. The average Bonchev–Trinajstić information content (AvgIpc) is 2.80. The maximum absolute atomic E-state index is 11.7. The molecule has 1 unspecified atom stereocenters. The van der Waals surface area contributed by atoms with Crippen molar-refractivity contribution in [3.63, 3.8) is 0 Å². The molecule has 1 heterocycles. The van der Waals surface area contributed by atoms with Gasteiger partial charge in [-0.3, -0.25) is 4.99 Å². The smallest absolute Gasteiger partial charge is 0.340 e. The minimum absolute atomic E-state index is 0.675. The number of benzene rings is 2. The summed E-state index contributed by atoms with van der Waals surface area (Å²) in [6.07, 6.45) is 1.71. The predicted octanol–water partition coefficient (Wildman–Crippen LogP) is 1.08. The van der Waals surface area contributed by atoms with Gasteiger partial charge in [-0.25, -0.2) is 4.79 Å². The standard InChI is InChI=1S/C15H11NO2/c17-14(18)15(12-7-2-1-3-8-12)10-11-6-4-5-9-13(11)16-15/h1-10H,(H,17,18). The summed E-state index contributed by atoms with van der Waals surface area (Å²) < 4.78 is 0. The summed E-state index contributed by atoms with van der Waals surface area (Å²) in [7, 11) is 0. The topological polar surface area (TPSA) is 49.7 Å². The minimum atomic E-state index is -1.29. The Hall–Kier alpha value is -2.42. The predicted molar refractivity (Wildman–Crippen MR) is 67.4 cm³/mol. The van der Waals surface area contributed by atoms with Crippen molar-refractivity contribution in [2.75, 3.05) is 0 Å². The number of carboxylic acids is 1. The first kappa shape index (κ1) is 10.7. The van der Waals surface area contributed by atoms with Gasteiger partial charge in [-0.1, -0.05) is 48.5 Å². The number of hydrogen-bond acceptors (Lipinski definition) is 2. The van der Waals surface area contributed by atoms with Crippen molar-refractivity contribution in [3.8, 4) is 0 Å². The zero-order chi connectivity index (χ0) is 12.6. The van der Waals surface area contributed by atoms with Gasteiger partial charge in [-0.2, -0.15) is 0 Å². The molecule has 0 bridgehead atoms. The van der Waals surface area contributed by atoms with Crippen molar-refractivity contribution in [1.29, 1.82) is 0 Å². The van der Waals surface area contributed by atoms with Gasteiger partial charge in [0, 0.05) is 0 Å². The first-order valence-electron chi connectivity index (χ1n) is 5.69. The molecule has 1 atom stereocenters. The molecule has 0 radical (unpaired) electrons. The van der Waals surface area contributed by atoms with Gasteiger partial charge in [0.25, 0.3) is 0 Å². The van der Waals surface area contributed by atoms with Gasteiger partial charge in [0.2, 0.25) is 5.54 Å². The molecule has 0 fully saturated rings. The average molecular weight is 237 g/mol. The molecule has 88 valence electrons. The zero-order valence-corrected chi connectivity index (χ0v) is 9.58. The third-order valence-corrected chi connectivity index (χ3v) is 3.14. The van der Waals surface area contributed by atoms with Gasteiger partial charge in [0.1, 0.15) is 0 Å². The SMILES string of the molecule is O=C(O)C1(c2ccccc2)C=c2ccccc2=N1. The van der Waals surface area contributed by atoms with Crippen LogP contribution in [0.1, 0.15) is 5.56 Å². The van der Waals surface area contributed by atoms with Crippen LogP contribution >= 0.6 is 0 Å². The van der Waals surface area contributed by atoms with Gasteiger partial charge in [-0.15, -0.1) is 0 Å². The lowest BCUT2D eigenvalue weighted by atomic mass is 9.91. The summed E-state index contributed by atoms with van der Waals surface area (Å²) in [5, 5.41) is 11.2. The minimum Gasteiger partial charge on any atom is -0.479 e. The summed E-state index contributed by atoms with van der Waals surface area (Å²) in [5.74, 6) is -0.954. The number of rotatable bonds is 2. The molecule has 0 saturated heterocycles. The Morgan fingerprint density at radius 3 is 2.33 bits per heavy atom. The van der Waals surface area contributed by atoms with E-state index in [4.69, 9.17) is 0 Å². The molecule has 1 aliphatic heterocycles. The Bertz CT molecular complexity index is 685. The van der Waals surface area contributed by atoms with E-state index in [1.165, 1.54) is 0 Å². The van der Waals surface area contributed by atoms with Crippen molar-refractivity contribution < 1.29 is 9.90 Å². The molecule has 3 heteroatoms. The largest absolute Gasteiger partial charge is 0.479 e. The molecule has 18 heavy (non-hydrogen) atoms. The van der Waals surface area contributed by atoms with Crippen molar-refractivity contribution >= 4 is 12.0 Å². The fraction of sp³-hybridized carbons (Fsp3) is 0.0667. The van der Waals surface area contributed by atoms with E-state index >= 15 is 0 Å². The van der Waals surface area contributed by atoms with Crippen LogP contribution in [0.5, 0.6) is 0 Å². The van der Waals surface area contributed by atoms with Gasteiger partial charge >= 0.3 is 5.97 Å². The van der Waals surface area contributed by atoms with E-state index in [0.29, 0.717) is 5.56 Å². The number of nitrogens with zero attached hydrogens (tertiary/aromatic N) is 1. The fourth-order valence-electron chi connectivity index (χ4n) is 2.23. The molecular weight excluding hydrogens is 226 g/mol. The Morgan fingerprint density at radius 1 is 1.00 bits per heavy atom. The second-order valence-corrected chi connectivity index (χ2v) is 4.25. The van der Waals surface area contributed by atoms with Crippen molar-refractivity contribution in [3.05, 3.63) is 70.7 Å². The van der Waals surface area contributed by atoms with Crippen LogP contribution in [-0.4, -0.2) is 11.1 Å². The number of hydrogen-bond donors (Lipinski definition) is 1.